The molecule has 1 saturated heterocycles. The van der Waals surface area contributed by atoms with Crippen molar-refractivity contribution in [3.05, 3.63) is 64.7 Å². The minimum absolute atomic E-state index is 0. The summed E-state index contributed by atoms with van der Waals surface area (Å²) < 4.78 is 5.75. The number of nitrogens with one attached hydrogen (secondary N) is 2. The second-order valence-electron chi connectivity index (χ2n) is 5.68. The van der Waals surface area contributed by atoms with Crippen LogP contribution in [-0.4, -0.2) is 25.5 Å². The molecule has 6 heteroatoms. The fourth-order valence-electron chi connectivity index (χ4n) is 2.35. The van der Waals surface area contributed by atoms with Crippen LogP contribution in [0.3, 0.4) is 0 Å². The topological polar surface area (TPSA) is 50.4 Å². The van der Waals surface area contributed by atoms with Crippen LogP contribution in [0.2, 0.25) is 5.02 Å². The van der Waals surface area contributed by atoms with E-state index < -0.39 is 0 Å². The average molecular weight is 367 g/mol. The Morgan fingerprint density at radius 3 is 2.71 bits per heavy atom. The van der Waals surface area contributed by atoms with Gasteiger partial charge in [0.05, 0.1) is 0 Å². The zero-order valence-electron chi connectivity index (χ0n) is 13.1. The van der Waals surface area contributed by atoms with Crippen LogP contribution in [-0.2, 0) is 6.61 Å². The van der Waals surface area contributed by atoms with Crippen molar-refractivity contribution in [1.82, 2.24) is 10.6 Å². The number of hydrogen-bond acceptors (Lipinski definition) is 3. The number of carbonyl (C=O) groups excluding carboxylic acids is 1. The van der Waals surface area contributed by atoms with E-state index in [0.29, 0.717) is 35.4 Å². The maximum Gasteiger partial charge on any atom is 0.251 e. The molecular formula is C18H20Cl2N2O2. The molecule has 1 aliphatic rings. The van der Waals surface area contributed by atoms with Gasteiger partial charge in [-0.05, 0) is 35.9 Å². The first-order valence-corrected chi connectivity index (χ1v) is 8.05. The van der Waals surface area contributed by atoms with E-state index in [9.17, 15) is 4.79 Å². The Hall–Kier alpha value is -1.75. The van der Waals surface area contributed by atoms with Crippen LogP contribution in [0.4, 0.5) is 0 Å². The molecule has 4 nitrogen and oxygen atoms in total. The molecule has 3 rings (SSSR count). The quantitative estimate of drug-likeness (QED) is 0.824. The molecule has 128 valence electrons. The van der Waals surface area contributed by atoms with E-state index in [1.165, 1.54) is 0 Å². The van der Waals surface area contributed by atoms with Crippen molar-refractivity contribution >= 4 is 29.9 Å². The molecule has 1 aliphatic heterocycles. The van der Waals surface area contributed by atoms with Crippen LogP contribution < -0.4 is 15.4 Å². The van der Waals surface area contributed by atoms with Gasteiger partial charge in [0.2, 0.25) is 0 Å². The SMILES string of the molecule is Cl.O=C(NCC1CNC1)c1cccc(OCc2cccc(Cl)c2)c1. The highest BCUT2D eigenvalue weighted by atomic mass is 35.5. The van der Waals surface area contributed by atoms with Crippen molar-refractivity contribution in [2.45, 2.75) is 6.61 Å². The normalized spacial score (nSPS) is 13.5. The van der Waals surface area contributed by atoms with E-state index in [1.54, 1.807) is 12.1 Å². The Kier molecular flexibility index (Phi) is 6.91. The van der Waals surface area contributed by atoms with Crippen LogP contribution in [0.25, 0.3) is 0 Å². The minimum atomic E-state index is -0.0647. The summed E-state index contributed by atoms with van der Waals surface area (Å²) in [5.41, 5.74) is 1.60. The molecule has 2 aromatic rings. The maximum absolute atomic E-state index is 12.2. The van der Waals surface area contributed by atoms with Gasteiger partial charge in [-0.1, -0.05) is 29.8 Å². The Morgan fingerprint density at radius 2 is 2.00 bits per heavy atom. The molecule has 0 unspecified atom stereocenters. The summed E-state index contributed by atoms with van der Waals surface area (Å²) in [6.07, 6.45) is 0. The van der Waals surface area contributed by atoms with Gasteiger partial charge in [-0.3, -0.25) is 4.79 Å². The number of ether oxygens (including phenoxy) is 1. The lowest BCUT2D eigenvalue weighted by atomic mass is 10.0. The molecule has 1 fully saturated rings. The van der Waals surface area contributed by atoms with Crippen LogP contribution in [0, 0.1) is 5.92 Å². The number of benzene rings is 2. The summed E-state index contributed by atoms with van der Waals surface area (Å²) >= 11 is 5.96. The Labute approximate surface area is 153 Å². The van der Waals surface area contributed by atoms with Crippen LogP contribution in [0.15, 0.2) is 48.5 Å². The van der Waals surface area contributed by atoms with Crippen molar-refractivity contribution in [3.63, 3.8) is 0 Å². The van der Waals surface area contributed by atoms with E-state index in [0.717, 1.165) is 18.7 Å². The number of hydrogen-bond donors (Lipinski definition) is 2. The molecular weight excluding hydrogens is 347 g/mol. The summed E-state index contributed by atoms with van der Waals surface area (Å²) in [6, 6.07) is 14.8. The molecule has 0 aliphatic carbocycles. The van der Waals surface area contributed by atoms with E-state index in [2.05, 4.69) is 10.6 Å². The van der Waals surface area contributed by atoms with Gasteiger partial charge < -0.3 is 15.4 Å². The highest BCUT2D eigenvalue weighted by Crippen LogP contribution is 2.17. The Bertz CT molecular complexity index is 690. The summed E-state index contributed by atoms with van der Waals surface area (Å²) in [5.74, 6) is 1.15. The van der Waals surface area contributed by atoms with E-state index in [-0.39, 0.29) is 18.3 Å². The number of rotatable bonds is 6. The zero-order chi connectivity index (χ0) is 16.1. The Morgan fingerprint density at radius 1 is 1.21 bits per heavy atom. The molecule has 0 aromatic heterocycles. The minimum Gasteiger partial charge on any atom is -0.489 e. The molecule has 0 radical (unpaired) electrons. The van der Waals surface area contributed by atoms with E-state index >= 15 is 0 Å². The molecule has 0 saturated carbocycles. The average Bonchev–Trinajstić information content (AvgIpc) is 2.52. The summed E-state index contributed by atoms with van der Waals surface area (Å²) in [4.78, 5) is 12.2. The van der Waals surface area contributed by atoms with Crippen molar-refractivity contribution in [2.24, 2.45) is 5.92 Å². The van der Waals surface area contributed by atoms with Crippen molar-refractivity contribution in [3.8, 4) is 5.75 Å². The monoisotopic (exact) mass is 366 g/mol. The fourth-order valence-corrected chi connectivity index (χ4v) is 2.57. The summed E-state index contributed by atoms with van der Waals surface area (Å²) in [7, 11) is 0. The van der Waals surface area contributed by atoms with Crippen molar-refractivity contribution in [1.29, 1.82) is 0 Å². The first-order chi connectivity index (χ1) is 11.2. The van der Waals surface area contributed by atoms with Gasteiger partial charge in [-0.15, -0.1) is 12.4 Å². The maximum atomic E-state index is 12.2. The van der Waals surface area contributed by atoms with Gasteiger partial charge in [0.15, 0.2) is 0 Å². The molecule has 2 N–H and O–H groups in total. The molecule has 2 aromatic carbocycles. The third-order valence-corrected chi connectivity index (χ3v) is 4.04. The third-order valence-electron chi connectivity index (χ3n) is 3.81. The molecule has 1 amide bonds. The third kappa shape index (κ3) is 5.13. The van der Waals surface area contributed by atoms with Gasteiger partial charge in [-0.25, -0.2) is 0 Å². The van der Waals surface area contributed by atoms with E-state index in [4.69, 9.17) is 16.3 Å². The molecule has 0 spiro atoms. The first kappa shape index (κ1) is 18.6. The van der Waals surface area contributed by atoms with Crippen molar-refractivity contribution in [2.75, 3.05) is 19.6 Å². The van der Waals surface area contributed by atoms with Crippen molar-refractivity contribution < 1.29 is 9.53 Å². The standard InChI is InChI=1S/C18H19ClN2O2.ClH/c19-16-5-1-3-13(7-16)12-23-17-6-2-4-15(8-17)18(22)21-11-14-9-20-10-14;/h1-8,14,20H,9-12H2,(H,21,22);1H. The number of amides is 1. The second-order valence-corrected chi connectivity index (χ2v) is 6.12. The first-order valence-electron chi connectivity index (χ1n) is 7.67. The largest absolute Gasteiger partial charge is 0.489 e. The summed E-state index contributed by atoms with van der Waals surface area (Å²) in [5, 5.41) is 6.83. The van der Waals surface area contributed by atoms with Crippen LogP contribution in [0.5, 0.6) is 5.75 Å². The van der Waals surface area contributed by atoms with Gasteiger partial charge in [0.1, 0.15) is 12.4 Å². The zero-order valence-corrected chi connectivity index (χ0v) is 14.7. The fraction of sp³-hybridized carbons (Fsp3) is 0.278. The lowest BCUT2D eigenvalue weighted by Gasteiger charge is -2.27. The Balaban J connectivity index is 0.00000208. The molecule has 0 atom stereocenters. The summed E-state index contributed by atoms with van der Waals surface area (Å²) in [6.45, 7) is 3.07. The molecule has 24 heavy (non-hydrogen) atoms. The number of halogens is 2. The highest BCUT2D eigenvalue weighted by molar-refractivity contribution is 6.30. The lowest BCUT2D eigenvalue weighted by molar-refractivity contribution is 0.0941. The lowest BCUT2D eigenvalue weighted by Crippen LogP contribution is -2.48. The van der Waals surface area contributed by atoms with Gasteiger partial charge in [-0.2, -0.15) is 0 Å². The number of carbonyl (C=O) groups is 1. The predicted octanol–water partition coefficient (Wildman–Crippen LogP) is 3.29. The van der Waals surface area contributed by atoms with E-state index in [1.807, 2.05) is 36.4 Å². The van der Waals surface area contributed by atoms with Crippen LogP contribution in [0.1, 0.15) is 15.9 Å². The molecule has 1 heterocycles. The van der Waals surface area contributed by atoms with Crippen LogP contribution >= 0.6 is 24.0 Å². The highest BCUT2D eigenvalue weighted by Gasteiger charge is 2.17. The smallest absolute Gasteiger partial charge is 0.251 e. The van der Waals surface area contributed by atoms with Gasteiger partial charge in [0, 0.05) is 36.1 Å². The second kappa shape index (κ2) is 8.92. The predicted molar refractivity (Wildman–Crippen MR) is 98.2 cm³/mol. The van der Waals surface area contributed by atoms with Gasteiger partial charge in [0.25, 0.3) is 5.91 Å². The van der Waals surface area contributed by atoms with Gasteiger partial charge >= 0.3 is 0 Å². The molecule has 0 bridgehead atoms.